The number of para-hydroxylation sites is 1. The molecular weight excluding hydrogens is 238 g/mol. The zero-order valence-electron chi connectivity index (χ0n) is 9.94. The van der Waals surface area contributed by atoms with Crippen molar-refractivity contribution in [3.63, 3.8) is 0 Å². The highest BCUT2D eigenvalue weighted by molar-refractivity contribution is 6.39. The zero-order valence-corrected chi connectivity index (χ0v) is 9.94. The van der Waals surface area contributed by atoms with Crippen LogP contribution in [-0.4, -0.2) is 25.0 Å². The van der Waals surface area contributed by atoms with Crippen LogP contribution in [0.25, 0.3) is 0 Å². The number of carbonyl (C=O) groups excluding carboxylic acids is 3. The molecule has 1 aromatic carbocycles. The van der Waals surface area contributed by atoms with Gasteiger partial charge in [0, 0.05) is 5.69 Å². The highest BCUT2D eigenvalue weighted by Crippen LogP contribution is 2.12. The first-order valence-corrected chi connectivity index (χ1v) is 5.05. The van der Waals surface area contributed by atoms with Crippen LogP contribution in [0.4, 0.5) is 10.5 Å². The maximum atomic E-state index is 11.5. The molecule has 7 heteroatoms. The molecular formula is C11H13N3O4. The first-order valence-electron chi connectivity index (χ1n) is 5.05. The van der Waals surface area contributed by atoms with Crippen LogP contribution >= 0.6 is 0 Å². The fraction of sp³-hybridized carbons (Fsp3) is 0.182. The number of benzene rings is 1. The summed E-state index contributed by atoms with van der Waals surface area (Å²) in [4.78, 5) is 33.4. The Morgan fingerprint density at radius 1 is 1.06 bits per heavy atom. The molecule has 1 aromatic rings. The van der Waals surface area contributed by atoms with E-state index in [0.717, 1.165) is 12.7 Å². The lowest BCUT2D eigenvalue weighted by atomic mass is 10.2. The van der Waals surface area contributed by atoms with Crippen LogP contribution in [0.3, 0.4) is 0 Å². The molecule has 0 aliphatic carbocycles. The second-order valence-electron chi connectivity index (χ2n) is 3.34. The van der Waals surface area contributed by atoms with E-state index in [0.29, 0.717) is 5.69 Å². The van der Waals surface area contributed by atoms with E-state index in [1.807, 2.05) is 16.9 Å². The molecule has 0 spiro atoms. The molecule has 0 heterocycles. The minimum atomic E-state index is -0.997. The minimum Gasteiger partial charge on any atom is -0.452 e. The molecule has 0 atom stereocenters. The molecule has 0 saturated heterocycles. The van der Waals surface area contributed by atoms with Crippen LogP contribution in [0.5, 0.6) is 0 Å². The van der Waals surface area contributed by atoms with Crippen molar-refractivity contribution in [1.29, 1.82) is 0 Å². The Hall–Kier alpha value is -2.57. The Morgan fingerprint density at radius 2 is 1.72 bits per heavy atom. The summed E-state index contributed by atoms with van der Waals surface area (Å²) in [6.45, 7) is 1.79. The summed E-state index contributed by atoms with van der Waals surface area (Å²) in [5, 5.41) is 2.41. The van der Waals surface area contributed by atoms with Gasteiger partial charge in [-0.15, -0.1) is 0 Å². The summed E-state index contributed by atoms with van der Waals surface area (Å²) < 4.78 is 4.22. The Labute approximate surface area is 103 Å². The van der Waals surface area contributed by atoms with Crippen molar-refractivity contribution in [3.8, 4) is 0 Å². The van der Waals surface area contributed by atoms with Crippen molar-refractivity contribution in [2.75, 3.05) is 12.4 Å². The van der Waals surface area contributed by atoms with Gasteiger partial charge in [0.05, 0.1) is 7.11 Å². The average Bonchev–Trinajstić information content (AvgIpc) is 2.38. The van der Waals surface area contributed by atoms with E-state index in [1.54, 1.807) is 25.1 Å². The Bertz CT molecular complexity index is 473. The van der Waals surface area contributed by atoms with E-state index in [2.05, 4.69) is 10.1 Å². The summed E-state index contributed by atoms with van der Waals surface area (Å²) in [6, 6.07) is 6.99. The normalized spacial score (nSPS) is 9.22. The number of ether oxygens (including phenoxy) is 1. The predicted molar refractivity (Wildman–Crippen MR) is 63.5 cm³/mol. The molecule has 0 aromatic heterocycles. The molecule has 0 fully saturated rings. The molecule has 0 unspecified atom stereocenters. The van der Waals surface area contributed by atoms with E-state index < -0.39 is 17.9 Å². The van der Waals surface area contributed by atoms with E-state index >= 15 is 0 Å². The quantitative estimate of drug-likeness (QED) is 0.494. The third-order valence-electron chi connectivity index (χ3n) is 2.06. The summed E-state index contributed by atoms with van der Waals surface area (Å²) in [5.41, 5.74) is 5.13. The number of carbonyl (C=O) groups is 3. The lowest BCUT2D eigenvalue weighted by Crippen LogP contribution is -2.46. The smallest absolute Gasteiger partial charge is 0.425 e. The summed E-state index contributed by atoms with van der Waals surface area (Å²) in [5.74, 6) is -1.88. The molecule has 18 heavy (non-hydrogen) atoms. The molecule has 0 aliphatic rings. The van der Waals surface area contributed by atoms with Gasteiger partial charge in [0.25, 0.3) is 0 Å². The summed E-state index contributed by atoms with van der Waals surface area (Å²) >= 11 is 0. The predicted octanol–water partition coefficient (Wildman–Crippen LogP) is 0.321. The minimum absolute atomic E-state index is 0.524. The topological polar surface area (TPSA) is 96.5 Å². The van der Waals surface area contributed by atoms with Gasteiger partial charge in [-0.1, -0.05) is 18.2 Å². The molecule has 96 valence electrons. The van der Waals surface area contributed by atoms with Crippen LogP contribution < -0.4 is 16.2 Å². The van der Waals surface area contributed by atoms with Crippen molar-refractivity contribution in [1.82, 2.24) is 10.9 Å². The maximum absolute atomic E-state index is 11.5. The SMILES string of the molecule is COC(=O)NNC(=O)C(=O)Nc1ccccc1C. The maximum Gasteiger partial charge on any atom is 0.425 e. The second kappa shape index (κ2) is 6.24. The molecule has 0 radical (unpaired) electrons. The van der Waals surface area contributed by atoms with Gasteiger partial charge in [0.15, 0.2) is 0 Å². The fourth-order valence-electron chi connectivity index (χ4n) is 1.11. The summed E-state index contributed by atoms with van der Waals surface area (Å²) in [6.07, 6.45) is -0.868. The molecule has 0 aliphatic heterocycles. The van der Waals surface area contributed by atoms with Gasteiger partial charge >= 0.3 is 17.9 Å². The van der Waals surface area contributed by atoms with Gasteiger partial charge in [-0.25, -0.2) is 10.2 Å². The van der Waals surface area contributed by atoms with E-state index in [1.165, 1.54) is 0 Å². The average molecular weight is 251 g/mol. The van der Waals surface area contributed by atoms with Crippen molar-refractivity contribution in [2.45, 2.75) is 6.92 Å². The molecule has 0 saturated carbocycles. The van der Waals surface area contributed by atoms with E-state index in [4.69, 9.17) is 0 Å². The van der Waals surface area contributed by atoms with Gasteiger partial charge in [0.2, 0.25) is 0 Å². The van der Waals surface area contributed by atoms with Gasteiger partial charge < -0.3 is 10.1 Å². The Kier molecular flexibility index (Phi) is 4.67. The highest BCUT2D eigenvalue weighted by atomic mass is 16.5. The number of hydrogen-bond acceptors (Lipinski definition) is 4. The molecule has 3 amide bonds. The number of hydrogen-bond donors (Lipinski definition) is 3. The molecule has 3 N–H and O–H groups in total. The van der Waals surface area contributed by atoms with Crippen molar-refractivity contribution in [2.24, 2.45) is 0 Å². The standard InChI is InChI=1S/C11H13N3O4/c1-7-5-3-4-6-8(7)12-9(15)10(16)13-14-11(17)18-2/h3-6H,1-2H3,(H,12,15)(H,13,16)(H,14,17). The molecule has 7 nitrogen and oxygen atoms in total. The van der Waals surface area contributed by atoms with Crippen molar-refractivity contribution in [3.05, 3.63) is 29.8 Å². The number of methoxy groups -OCH3 is 1. The van der Waals surface area contributed by atoms with Crippen molar-refractivity contribution >= 4 is 23.6 Å². The first kappa shape index (κ1) is 13.5. The largest absolute Gasteiger partial charge is 0.452 e. The van der Waals surface area contributed by atoms with Gasteiger partial charge in [-0.2, -0.15) is 0 Å². The Balaban J connectivity index is 2.53. The fourth-order valence-corrected chi connectivity index (χ4v) is 1.11. The number of amides is 3. The monoisotopic (exact) mass is 251 g/mol. The van der Waals surface area contributed by atoms with E-state index in [9.17, 15) is 14.4 Å². The third kappa shape index (κ3) is 3.78. The lowest BCUT2D eigenvalue weighted by molar-refractivity contribution is -0.136. The van der Waals surface area contributed by atoms with Gasteiger partial charge in [-0.05, 0) is 18.6 Å². The van der Waals surface area contributed by atoms with Crippen LogP contribution in [0.2, 0.25) is 0 Å². The highest BCUT2D eigenvalue weighted by Gasteiger charge is 2.15. The first-order chi connectivity index (χ1) is 8.54. The lowest BCUT2D eigenvalue weighted by Gasteiger charge is -2.08. The third-order valence-corrected chi connectivity index (χ3v) is 2.06. The van der Waals surface area contributed by atoms with Gasteiger partial charge in [-0.3, -0.25) is 15.0 Å². The summed E-state index contributed by atoms with van der Waals surface area (Å²) in [7, 11) is 1.13. The van der Waals surface area contributed by atoms with Gasteiger partial charge in [0.1, 0.15) is 0 Å². The molecule has 0 bridgehead atoms. The number of hydrazine groups is 1. The van der Waals surface area contributed by atoms with E-state index in [-0.39, 0.29) is 0 Å². The van der Waals surface area contributed by atoms with Crippen LogP contribution in [-0.2, 0) is 14.3 Å². The van der Waals surface area contributed by atoms with Crippen LogP contribution in [0.15, 0.2) is 24.3 Å². The van der Waals surface area contributed by atoms with Crippen molar-refractivity contribution < 1.29 is 19.1 Å². The second-order valence-corrected chi connectivity index (χ2v) is 3.34. The number of anilines is 1. The number of aryl methyl sites for hydroxylation is 1. The van der Waals surface area contributed by atoms with Crippen LogP contribution in [0, 0.1) is 6.92 Å². The number of nitrogens with one attached hydrogen (secondary N) is 3. The number of rotatable bonds is 1. The van der Waals surface area contributed by atoms with Crippen LogP contribution in [0.1, 0.15) is 5.56 Å². The Morgan fingerprint density at radius 3 is 2.33 bits per heavy atom. The molecule has 1 rings (SSSR count). The zero-order chi connectivity index (χ0) is 13.5.